The van der Waals surface area contributed by atoms with E-state index in [1.165, 1.54) is 26.0 Å². The molecule has 0 amide bonds. The number of carbonyl (C=O) groups excluding carboxylic acids is 1. The van der Waals surface area contributed by atoms with Crippen LogP contribution in [0.4, 0.5) is 13.2 Å². The van der Waals surface area contributed by atoms with Crippen LogP contribution in [0.5, 0.6) is 5.75 Å². The highest BCUT2D eigenvalue weighted by Crippen LogP contribution is 2.43. The molecule has 0 radical (unpaired) electrons. The van der Waals surface area contributed by atoms with Crippen molar-refractivity contribution in [3.8, 4) is 5.75 Å². The predicted molar refractivity (Wildman–Crippen MR) is 164 cm³/mol. The van der Waals surface area contributed by atoms with Crippen molar-refractivity contribution >= 4 is 16.9 Å². The van der Waals surface area contributed by atoms with Crippen molar-refractivity contribution < 1.29 is 36.9 Å². The summed E-state index contributed by atoms with van der Waals surface area (Å²) < 4.78 is 67.9. The summed E-state index contributed by atoms with van der Waals surface area (Å²) >= 11 is 0. The zero-order chi connectivity index (χ0) is 31.7. The van der Waals surface area contributed by atoms with Crippen molar-refractivity contribution in [1.82, 2.24) is 9.88 Å². The predicted octanol–water partition coefficient (Wildman–Crippen LogP) is 7.07. The first-order valence-corrected chi connectivity index (χ1v) is 15.6. The number of esters is 1. The fraction of sp³-hybridized carbons (Fsp3) is 0.559. The molecule has 0 fully saturated rings. The summed E-state index contributed by atoms with van der Waals surface area (Å²) in [6, 6.07) is 9.27. The highest BCUT2D eigenvalue weighted by Gasteiger charge is 2.41. The van der Waals surface area contributed by atoms with Crippen LogP contribution in [0.3, 0.4) is 0 Å². The smallest absolute Gasteiger partial charge is 0.332 e. The number of hydrogen-bond donors (Lipinski definition) is 1. The van der Waals surface area contributed by atoms with E-state index in [2.05, 4.69) is 4.98 Å². The van der Waals surface area contributed by atoms with Gasteiger partial charge >= 0.3 is 5.97 Å². The molecule has 0 aliphatic carbocycles. The Morgan fingerprint density at radius 3 is 2.39 bits per heavy atom. The van der Waals surface area contributed by atoms with Crippen molar-refractivity contribution in [2.45, 2.75) is 77.6 Å². The molecule has 0 bridgehead atoms. The average Bonchev–Trinajstić information content (AvgIpc) is 3.32. The topological polar surface area (TPSA) is 73.0 Å². The molecule has 1 N–H and O–H groups in total. The number of hydrogen-bond acceptors (Lipinski definition) is 6. The van der Waals surface area contributed by atoms with Gasteiger partial charge in [-0.05, 0) is 65.0 Å². The van der Waals surface area contributed by atoms with Crippen molar-refractivity contribution in [1.29, 1.82) is 0 Å². The van der Waals surface area contributed by atoms with E-state index in [1.807, 2.05) is 36.1 Å². The molecule has 0 saturated carbocycles. The second-order valence-corrected chi connectivity index (χ2v) is 11.9. The molecule has 4 rings (SSSR count). The van der Waals surface area contributed by atoms with Gasteiger partial charge in [0.25, 0.3) is 0 Å². The van der Waals surface area contributed by atoms with Gasteiger partial charge in [0.15, 0.2) is 0 Å². The molecule has 1 aliphatic rings. The number of halogens is 3. The third-order valence-electron chi connectivity index (χ3n) is 7.71. The van der Waals surface area contributed by atoms with Crippen molar-refractivity contribution in [2.75, 3.05) is 46.2 Å². The van der Waals surface area contributed by atoms with Crippen LogP contribution < -0.4 is 4.74 Å². The normalized spacial score (nSPS) is 17.2. The third kappa shape index (κ3) is 8.99. The van der Waals surface area contributed by atoms with Crippen LogP contribution in [-0.2, 0) is 25.4 Å². The largest absolute Gasteiger partial charge is 0.493 e. The number of H-pyrrole nitrogens is 1. The Morgan fingerprint density at radius 2 is 1.68 bits per heavy atom. The maximum Gasteiger partial charge on any atom is 0.332 e. The number of carbonyl (C=O) groups is 1. The molecule has 3 aromatic rings. The first kappa shape index (κ1) is 33.8. The number of alkyl halides is 1. The maximum absolute atomic E-state index is 15.8. The second-order valence-electron chi connectivity index (χ2n) is 11.9. The Balaban J connectivity index is 1.31. The number of aromatic nitrogens is 1. The SMILES string of the molecule is CCOC(=O)COCCCCCOCCCOc1cc(F)c([C@@H]2c3[nH]c4ccccc4c3C[C@@H](C)N2CC(C)(C)F)c(F)c1. The van der Waals surface area contributed by atoms with E-state index in [-0.39, 0.29) is 43.1 Å². The lowest BCUT2D eigenvalue weighted by Crippen LogP contribution is -2.48. The number of nitrogens with one attached hydrogen (secondary N) is 1. The Labute approximate surface area is 258 Å². The minimum absolute atomic E-state index is 0.0219. The number of para-hydroxylation sites is 1. The van der Waals surface area contributed by atoms with E-state index < -0.39 is 23.3 Å². The summed E-state index contributed by atoms with van der Waals surface area (Å²) in [7, 11) is 0. The number of benzene rings is 2. The minimum atomic E-state index is -1.56. The van der Waals surface area contributed by atoms with Gasteiger partial charge in [-0.25, -0.2) is 18.0 Å². The van der Waals surface area contributed by atoms with E-state index in [4.69, 9.17) is 18.9 Å². The van der Waals surface area contributed by atoms with Gasteiger partial charge in [-0.2, -0.15) is 0 Å². The van der Waals surface area contributed by atoms with Gasteiger partial charge in [-0.15, -0.1) is 0 Å². The molecule has 0 saturated heterocycles. The molecule has 1 aromatic heterocycles. The second kappa shape index (κ2) is 15.8. The summed E-state index contributed by atoms with van der Waals surface area (Å²) in [4.78, 5) is 16.5. The maximum atomic E-state index is 15.8. The lowest BCUT2D eigenvalue weighted by molar-refractivity contribution is -0.148. The standard InChI is InChI=1S/C34H45F3N2O5/c1-5-43-30(40)21-42-15-10-6-9-14-41-16-11-17-44-24-19-27(35)31(28(36)20-24)33-32-26(25-12-7-8-13-29(25)38-32)18-23(2)39(33)22-34(3,4)37/h7-8,12-13,19-20,23,33,38H,5-6,9-11,14-18,21-22H2,1-4H3/t23-,33-/m1/s1. The van der Waals surface area contributed by atoms with Gasteiger partial charge in [0, 0.05) is 73.1 Å². The van der Waals surface area contributed by atoms with E-state index in [9.17, 15) is 9.18 Å². The molecule has 2 aromatic carbocycles. The van der Waals surface area contributed by atoms with Gasteiger partial charge in [0.2, 0.25) is 0 Å². The van der Waals surface area contributed by atoms with Crippen LogP contribution >= 0.6 is 0 Å². The third-order valence-corrected chi connectivity index (χ3v) is 7.71. The fourth-order valence-electron chi connectivity index (χ4n) is 5.80. The summed E-state index contributed by atoms with van der Waals surface area (Å²) in [5.41, 5.74) is 0.914. The lowest BCUT2D eigenvalue weighted by atomic mass is 9.87. The molecule has 2 atom stereocenters. The van der Waals surface area contributed by atoms with E-state index in [0.717, 1.165) is 35.7 Å². The Morgan fingerprint density at radius 1 is 1.00 bits per heavy atom. The molecular formula is C34H45F3N2O5. The Kier molecular flexibility index (Phi) is 12.1. The minimum Gasteiger partial charge on any atom is -0.493 e. The lowest BCUT2D eigenvalue weighted by Gasteiger charge is -2.43. The Hall–Kier alpha value is -3.08. The number of rotatable bonds is 17. The fourth-order valence-corrected chi connectivity index (χ4v) is 5.80. The van der Waals surface area contributed by atoms with E-state index in [0.29, 0.717) is 45.0 Å². The van der Waals surface area contributed by atoms with Gasteiger partial charge < -0.3 is 23.9 Å². The monoisotopic (exact) mass is 618 g/mol. The Bertz CT molecular complexity index is 1350. The van der Waals surface area contributed by atoms with Gasteiger partial charge in [0.05, 0.1) is 19.3 Å². The van der Waals surface area contributed by atoms with Gasteiger partial charge in [-0.3, -0.25) is 4.90 Å². The van der Waals surface area contributed by atoms with Crippen molar-refractivity contribution in [3.05, 3.63) is 64.9 Å². The molecule has 1 aliphatic heterocycles. The average molecular weight is 619 g/mol. The summed E-state index contributed by atoms with van der Waals surface area (Å²) in [5.74, 6) is -1.71. The first-order chi connectivity index (χ1) is 21.1. The quantitative estimate of drug-likeness (QED) is 0.129. The summed E-state index contributed by atoms with van der Waals surface area (Å²) in [6.07, 6.45) is 3.79. The van der Waals surface area contributed by atoms with E-state index >= 15 is 8.78 Å². The molecular weight excluding hydrogens is 573 g/mol. The van der Waals surface area contributed by atoms with Crippen molar-refractivity contribution in [3.63, 3.8) is 0 Å². The first-order valence-electron chi connectivity index (χ1n) is 15.6. The van der Waals surface area contributed by atoms with Crippen molar-refractivity contribution in [2.24, 2.45) is 0 Å². The highest BCUT2D eigenvalue weighted by molar-refractivity contribution is 5.85. The summed E-state index contributed by atoms with van der Waals surface area (Å²) in [6.45, 7) is 8.81. The van der Waals surface area contributed by atoms with E-state index in [1.54, 1.807) is 6.92 Å². The molecule has 7 nitrogen and oxygen atoms in total. The number of ether oxygens (including phenoxy) is 4. The van der Waals surface area contributed by atoms with Gasteiger partial charge in [0.1, 0.15) is 29.7 Å². The zero-order valence-corrected chi connectivity index (χ0v) is 26.2. The number of unbranched alkanes of at least 4 members (excludes halogenated alkanes) is 2. The molecule has 2 heterocycles. The number of nitrogens with zero attached hydrogens (tertiary/aromatic N) is 1. The highest BCUT2D eigenvalue weighted by atomic mass is 19.1. The molecule has 10 heteroatoms. The van der Waals surface area contributed by atoms with Crippen LogP contribution in [0.1, 0.15) is 76.2 Å². The molecule has 0 spiro atoms. The van der Waals surface area contributed by atoms with Crippen LogP contribution in [0.2, 0.25) is 0 Å². The molecule has 44 heavy (non-hydrogen) atoms. The zero-order valence-electron chi connectivity index (χ0n) is 26.2. The molecule has 242 valence electrons. The number of aromatic amines is 1. The summed E-state index contributed by atoms with van der Waals surface area (Å²) in [5, 5.41) is 1.02. The number of fused-ring (bicyclic) bond motifs is 3. The van der Waals surface area contributed by atoms with Crippen LogP contribution in [0.15, 0.2) is 36.4 Å². The van der Waals surface area contributed by atoms with Crippen LogP contribution in [-0.4, -0.2) is 73.7 Å². The molecule has 0 unspecified atom stereocenters. The van der Waals surface area contributed by atoms with Crippen LogP contribution in [0, 0.1) is 11.6 Å². The van der Waals surface area contributed by atoms with Gasteiger partial charge in [-0.1, -0.05) is 18.2 Å². The van der Waals surface area contributed by atoms with Crippen LogP contribution in [0.25, 0.3) is 10.9 Å².